The molecule has 0 aliphatic rings. The highest BCUT2D eigenvalue weighted by Gasteiger charge is 2.35. The summed E-state index contributed by atoms with van der Waals surface area (Å²) >= 11 is 13.5. The van der Waals surface area contributed by atoms with Gasteiger partial charge in [0.1, 0.15) is 11.5 Å². The number of benzene rings is 1. The van der Waals surface area contributed by atoms with Gasteiger partial charge in [0.2, 0.25) is 5.91 Å². The molecule has 174 valence electrons. The number of carbonyl (C=O) groups excluding carboxylic acids is 1. The minimum absolute atomic E-state index is 0.108. The molecule has 0 aliphatic carbocycles. The smallest absolute Gasteiger partial charge is 0.431 e. The van der Waals surface area contributed by atoms with Gasteiger partial charge in [-0.05, 0) is 12.1 Å². The Morgan fingerprint density at radius 1 is 1.19 bits per heavy atom. The quantitative estimate of drug-likeness (QED) is 0.336. The summed E-state index contributed by atoms with van der Waals surface area (Å²) in [5.74, 6) is 0.186. The van der Waals surface area contributed by atoms with Crippen LogP contribution in [-0.2, 0) is 22.8 Å². The van der Waals surface area contributed by atoms with Crippen molar-refractivity contribution in [3.05, 3.63) is 66.6 Å². The third-order valence-corrected chi connectivity index (χ3v) is 6.02. The summed E-state index contributed by atoms with van der Waals surface area (Å²) in [7, 11) is 5.43. The molecule has 1 amide bonds. The monoisotopic (exact) mass is 511 g/mol. The zero-order chi connectivity index (χ0) is 24.4. The Kier molecular flexibility index (Phi) is 8.13. The second kappa shape index (κ2) is 10.1. The normalized spacial score (nSPS) is 12.1. The number of thioether (sulfide) groups is 1. The van der Waals surface area contributed by atoms with E-state index in [1.807, 2.05) is 0 Å². The Bertz CT molecular complexity index is 1190. The first kappa shape index (κ1) is 25.9. The maximum Gasteiger partial charge on any atom is 0.431 e. The lowest BCUT2D eigenvalue weighted by Gasteiger charge is -2.16. The van der Waals surface area contributed by atoms with Crippen molar-refractivity contribution in [3.8, 4) is 5.69 Å². The van der Waals surface area contributed by atoms with Crippen molar-refractivity contribution in [2.45, 2.75) is 11.1 Å². The molecule has 13 heteroatoms. The molecule has 32 heavy (non-hydrogen) atoms. The van der Waals surface area contributed by atoms with E-state index in [0.29, 0.717) is 25.9 Å². The molecule has 2 aromatic rings. The highest BCUT2D eigenvalue weighted by atomic mass is 35.5. The van der Waals surface area contributed by atoms with Gasteiger partial charge in [-0.1, -0.05) is 23.2 Å². The van der Waals surface area contributed by atoms with Crippen LogP contribution in [-0.4, -0.2) is 46.9 Å². The number of nitrogens with zero attached hydrogens (tertiary/aromatic N) is 3. The minimum atomic E-state index is -4.89. The van der Waals surface area contributed by atoms with Crippen LogP contribution in [0.2, 0.25) is 10.0 Å². The maximum absolute atomic E-state index is 13.1. The van der Waals surface area contributed by atoms with Crippen LogP contribution >= 0.6 is 35.0 Å². The summed E-state index contributed by atoms with van der Waals surface area (Å²) in [5.41, 5.74) is -3.94. The van der Waals surface area contributed by atoms with Gasteiger partial charge in [-0.25, -0.2) is 9.36 Å². The second-order valence-corrected chi connectivity index (χ2v) is 8.44. The molecule has 0 spiro atoms. The van der Waals surface area contributed by atoms with Crippen molar-refractivity contribution in [2.24, 2.45) is 7.05 Å². The maximum atomic E-state index is 13.1. The predicted octanol–water partition coefficient (Wildman–Crippen LogP) is 3.57. The highest BCUT2D eigenvalue weighted by Crippen LogP contribution is 2.34. The molecule has 0 unspecified atom stereocenters. The second-order valence-electron chi connectivity index (χ2n) is 6.61. The van der Waals surface area contributed by atoms with Crippen molar-refractivity contribution in [1.82, 2.24) is 14.0 Å². The number of alkyl halides is 3. The molecule has 1 heterocycles. The SMILES string of the molecule is COC(=CC(=O)N(C)C)CSc1cc(-n2c(=O)cc(C(F)(F)F)n(C)c2=O)c(Cl)cc1Cl. The zero-order valence-electron chi connectivity index (χ0n) is 17.3. The first-order valence-electron chi connectivity index (χ1n) is 8.76. The van der Waals surface area contributed by atoms with Gasteiger partial charge in [0, 0.05) is 38.2 Å². The third kappa shape index (κ3) is 5.70. The molecular weight excluding hydrogens is 494 g/mol. The van der Waals surface area contributed by atoms with Gasteiger partial charge in [0.05, 0.1) is 28.6 Å². The van der Waals surface area contributed by atoms with Crippen molar-refractivity contribution in [3.63, 3.8) is 0 Å². The van der Waals surface area contributed by atoms with Gasteiger partial charge in [0.25, 0.3) is 5.56 Å². The molecule has 1 aromatic carbocycles. The molecule has 0 aliphatic heterocycles. The van der Waals surface area contributed by atoms with Crippen LogP contribution in [0.15, 0.2) is 44.5 Å². The number of aromatic nitrogens is 2. The molecule has 0 atom stereocenters. The van der Waals surface area contributed by atoms with Crippen LogP contribution < -0.4 is 11.2 Å². The van der Waals surface area contributed by atoms with E-state index in [4.69, 9.17) is 27.9 Å². The van der Waals surface area contributed by atoms with Crippen LogP contribution in [0.5, 0.6) is 0 Å². The first-order chi connectivity index (χ1) is 14.8. The van der Waals surface area contributed by atoms with Crippen LogP contribution in [0.3, 0.4) is 0 Å². The van der Waals surface area contributed by atoms with Crippen molar-refractivity contribution in [1.29, 1.82) is 0 Å². The number of methoxy groups -OCH3 is 1. The lowest BCUT2D eigenvalue weighted by molar-refractivity contribution is -0.144. The van der Waals surface area contributed by atoms with Crippen molar-refractivity contribution in [2.75, 3.05) is 27.0 Å². The average Bonchev–Trinajstić information content (AvgIpc) is 2.69. The summed E-state index contributed by atoms with van der Waals surface area (Å²) in [6.45, 7) is 0. The van der Waals surface area contributed by atoms with Crippen molar-refractivity contribution < 1.29 is 22.7 Å². The van der Waals surface area contributed by atoms with Gasteiger partial charge >= 0.3 is 11.9 Å². The minimum Gasteiger partial charge on any atom is -0.500 e. The Morgan fingerprint density at radius 3 is 2.34 bits per heavy atom. The van der Waals surface area contributed by atoms with E-state index in [0.717, 1.165) is 18.8 Å². The standard InChI is InChI=1S/C19H18Cl2F3N3O4S/c1-25(2)16(28)5-10(31-4)9-32-14-7-13(11(20)6-12(14)21)27-17(29)8-15(19(22,23)24)26(3)18(27)30/h5-8H,9H2,1-4H3. The number of amides is 1. The van der Waals surface area contributed by atoms with Crippen molar-refractivity contribution >= 4 is 40.9 Å². The van der Waals surface area contributed by atoms with E-state index >= 15 is 0 Å². The molecule has 1 aromatic heterocycles. The number of hydrogen-bond acceptors (Lipinski definition) is 5. The van der Waals surface area contributed by atoms with Gasteiger partial charge in [-0.15, -0.1) is 11.8 Å². The number of halogens is 5. The fourth-order valence-corrected chi connectivity index (χ4v) is 4.02. The molecule has 7 nitrogen and oxygen atoms in total. The van der Waals surface area contributed by atoms with Crippen LogP contribution in [0.25, 0.3) is 5.69 Å². The lowest BCUT2D eigenvalue weighted by Crippen LogP contribution is -2.40. The molecule has 0 N–H and O–H groups in total. The largest absolute Gasteiger partial charge is 0.500 e. The molecule has 0 saturated carbocycles. The van der Waals surface area contributed by atoms with E-state index in [1.54, 1.807) is 14.1 Å². The first-order valence-corrected chi connectivity index (χ1v) is 10.5. The summed E-state index contributed by atoms with van der Waals surface area (Å²) < 4.78 is 45.3. The third-order valence-electron chi connectivity index (χ3n) is 4.21. The summed E-state index contributed by atoms with van der Waals surface area (Å²) in [5, 5.41) is 0.0681. The van der Waals surface area contributed by atoms with Crippen LogP contribution in [0.1, 0.15) is 5.69 Å². The Labute approximate surface area is 195 Å². The van der Waals surface area contributed by atoms with Gasteiger partial charge < -0.3 is 9.64 Å². The molecule has 2 rings (SSSR count). The molecule has 0 saturated heterocycles. The number of likely N-dealkylation sites (N-methyl/N-ethyl adjacent to an activating group) is 1. The zero-order valence-corrected chi connectivity index (χ0v) is 19.6. The lowest BCUT2D eigenvalue weighted by atomic mass is 10.3. The van der Waals surface area contributed by atoms with E-state index in [9.17, 15) is 27.6 Å². The topological polar surface area (TPSA) is 73.5 Å². The molecule has 0 bridgehead atoms. The fourth-order valence-electron chi connectivity index (χ4n) is 2.49. The van der Waals surface area contributed by atoms with Gasteiger partial charge in [-0.2, -0.15) is 13.2 Å². The fraction of sp³-hybridized carbons (Fsp3) is 0.316. The Balaban J connectivity index is 2.53. The van der Waals surface area contributed by atoms with E-state index in [-0.39, 0.29) is 27.4 Å². The number of rotatable bonds is 6. The highest BCUT2D eigenvalue weighted by molar-refractivity contribution is 7.99. The van der Waals surface area contributed by atoms with Gasteiger partial charge in [0.15, 0.2) is 0 Å². The van der Waals surface area contributed by atoms with E-state index in [1.165, 1.54) is 30.2 Å². The molecule has 0 radical (unpaired) electrons. The summed E-state index contributed by atoms with van der Waals surface area (Å²) in [4.78, 5) is 38.5. The average molecular weight is 512 g/mol. The molecule has 0 fully saturated rings. The number of carbonyl (C=O) groups is 1. The Hall–Kier alpha value is -2.37. The van der Waals surface area contributed by atoms with E-state index < -0.39 is 23.1 Å². The number of ether oxygens (including phenoxy) is 1. The van der Waals surface area contributed by atoms with Gasteiger partial charge in [-0.3, -0.25) is 14.2 Å². The number of hydrogen-bond donors (Lipinski definition) is 0. The molecular formula is C19H18Cl2F3N3O4S. The summed E-state index contributed by atoms with van der Waals surface area (Å²) in [6, 6.07) is 2.90. The van der Waals surface area contributed by atoms with E-state index in [2.05, 4.69) is 0 Å². The van der Waals surface area contributed by atoms with Crippen LogP contribution in [0, 0.1) is 0 Å². The summed E-state index contributed by atoms with van der Waals surface area (Å²) in [6.07, 6.45) is -3.60. The van der Waals surface area contributed by atoms with Crippen LogP contribution in [0.4, 0.5) is 13.2 Å². The predicted molar refractivity (Wildman–Crippen MR) is 117 cm³/mol. The Morgan fingerprint density at radius 2 is 1.81 bits per heavy atom.